The lowest BCUT2D eigenvalue weighted by molar-refractivity contribution is 1.02. The molecule has 14 heavy (non-hydrogen) atoms. The van der Waals surface area contributed by atoms with Gasteiger partial charge in [0.15, 0.2) is 0 Å². The van der Waals surface area contributed by atoms with E-state index in [1.165, 1.54) is 0 Å². The summed E-state index contributed by atoms with van der Waals surface area (Å²) < 4.78 is 0. The van der Waals surface area contributed by atoms with Crippen LogP contribution in [0.25, 0.3) is 10.8 Å². The molecular formula is C11H10ClNO. The Kier molecular flexibility index (Phi) is 2.30. The molecule has 2 aromatic rings. The summed E-state index contributed by atoms with van der Waals surface area (Å²) in [5, 5.41) is 1.98. The monoisotopic (exact) mass is 207 g/mol. The van der Waals surface area contributed by atoms with E-state index >= 15 is 0 Å². The first-order valence-electron chi connectivity index (χ1n) is 4.53. The van der Waals surface area contributed by atoms with Crippen LogP contribution in [0, 0.1) is 0 Å². The Labute approximate surface area is 86.5 Å². The molecule has 2 rings (SSSR count). The van der Waals surface area contributed by atoms with Crippen LogP contribution in [0.5, 0.6) is 0 Å². The van der Waals surface area contributed by atoms with Crippen LogP contribution >= 0.6 is 11.6 Å². The van der Waals surface area contributed by atoms with Crippen LogP contribution in [0.1, 0.15) is 12.6 Å². The Morgan fingerprint density at radius 3 is 2.93 bits per heavy atom. The predicted octanol–water partition coefficient (Wildman–Crippen LogP) is 2.74. The molecule has 0 amide bonds. The van der Waals surface area contributed by atoms with Crippen LogP contribution in [-0.2, 0) is 6.42 Å². The molecule has 0 aliphatic heterocycles. The normalized spacial score (nSPS) is 10.7. The fraction of sp³-hybridized carbons (Fsp3) is 0.182. The molecule has 0 saturated carbocycles. The standard InChI is InChI=1S/C11H10ClNO/c1-2-8-6-7-4-3-5-9(12)10(7)11(14)13-8/h3-6H,2H2,1H3,(H,13,14). The molecule has 0 bridgehead atoms. The number of aromatic nitrogens is 1. The quantitative estimate of drug-likeness (QED) is 0.767. The van der Waals surface area contributed by atoms with Gasteiger partial charge in [0.1, 0.15) is 0 Å². The van der Waals surface area contributed by atoms with Crippen molar-refractivity contribution in [1.82, 2.24) is 4.98 Å². The zero-order valence-electron chi connectivity index (χ0n) is 7.80. The van der Waals surface area contributed by atoms with Crippen molar-refractivity contribution >= 4 is 22.4 Å². The van der Waals surface area contributed by atoms with Gasteiger partial charge in [0.05, 0.1) is 10.4 Å². The van der Waals surface area contributed by atoms with E-state index in [0.29, 0.717) is 10.4 Å². The summed E-state index contributed by atoms with van der Waals surface area (Å²) in [6.07, 6.45) is 0.817. The first-order chi connectivity index (χ1) is 6.72. The van der Waals surface area contributed by atoms with Crippen LogP contribution < -0.4 is 5.56 Å². The maximum absolute atomic E-state index is 11.6. The molecule has 0 fully saturated rings. The number of benzene rings is 1. The topological polar surface area (TPSA) is 32.9 Å². The van der Waals surface area contributed by atoms with Gasteiger partial charge in [0.25, 0.3) is 5.56 Å². The van der Waals surface area contributed by atoms with Crippen molar-refractivity contribution in [3.63, 3.8) is 0 Å². The number of rotatable bonds is 1. The third kappa shape index (κ3) is 1.42. The molecule has 1 N–H and O–H groups in total. The maximum atomic E-state index is 11.6. The number of aryl methyl sites for hydroxylation is 1. The van der Waals surface area contributed by atoms with E-state index in [2.05, 4.69) is 4.98 Å². The molecule has 0 spiro atoms. The van der Waals surface area contributed by atoms with Crippen molar-refractivity contribution in [3.05, 3.63) is 45.3 Å². The summed E-state index contributed by atoms with van der Waals surface area (Å²) in [7, 11) is 0. The van der Waals surface area contributed by atoms with Gasteiger partial charge in [-0.1, -0.05) is 30.7 Å². The van der Waals surface area contributed by atoms with Crippen LogP contribution in [0.15, 0.2) is 29.1 Å². The minimum absolute atomic E-state index is 0.107. The molecule has 1 aromatic heterocycles. The smallest absolute Gasteiger partial charge is 0.257 e. The summed E-state index contributed by atoms with van der Waals surface area (Å²) in [6, 6.07) is 7.44. The summed E-state index contributed by atoms with van der Waals surface area (Å²) in [4.78, 5) is 14.4. The van der Waals surface area contributed by atoms with Crippen molar-refractivity contribution in [3.8, 4) is 0 Å². The van der Waals surface area contributed by atoms with Crippen molar-refractivity contribution < 1.29 is 0 Å². The highest BCUT2D eigenvalue weighted by molar-refractivity contribution is 6.35. The van der Waals surface area contributed by atoms with Crippen molar-refractivity contribution in [2.24, 2.45) is 0 Å². The SMILES string of the molecule is CCc1cc2cccc(Cl)c2c(=O)[nH]1. The lowest BCUT2D eigenvalue weighted by Crippen LogP contribution is -2.09. The van der Waals surface area contributed by atoms with E-state index in [1.54, 1.807) is 6.07 Å². The van der Waals surface area contributed by atoms with Gasteiger partial charge in [-0.05, 0) is 23.9 Å². The largest absolute Gasteiger partial charge is 0.326 e. The van der Waals surface area contributed by atoms with Gasteiger partial charge >= 0.3 is 0 Å². The van der Waals surface area contributed by atoms with Crippen molar-refractivity contribution in [2.75, 3.05) is 0 Å². The number of pyridine rings is 1. The Hall–Kier alpha value is -1.28. The number of nitrogens with one attached hydrogen (secondary N) is 1. The number of fused-ring (bicyclic) bond motifs is 1. The maximum Gasteiger partial charge on any atom is 0.257 e. The second kappa shape index (κ2) is 3.46. The van der Waals surface area contributed by atoms with Gasteiger partial charge in [0, 0.05) is 5.69 Å². The number of aromatic amines is 1. The summed E-state index contributed by atoms with van der Waals surface area (Å²) in [5.41, 5.74) is 0.828. The lowest BCUT2D eigenvalue weighted by Gasteiger charge is -2.01. The minimum atomic E-state index is -0.107. The summed E-state index contributed by atoms with van der Waals surface area (Å²) in [5.74, 6) is 0. The first-order valence-corrected chi connectivity index (χ1v) is 4.90. The van der Waals surface area contributed by atoms with Gasteiger partial charge < -0.3 is 4.98 Å². The van der Waals surface area contributed by atoms with Gasteiger partial charge in [-0.3, -0.25) is 4.79 Å². The Bertz CT molecular complexity index is 530. The van der Waals surface area contributed by atoms with Crippen LogP contribution in [-0.4, -0.2) is 4.98 Å². The Balaban J connectivity index is 2.90. The average Bonchev–Trinajstić information content (AvgIpc) is 2.17. The number of hydrogen-bond acceptors (Lipinski definition) is 1. The van der Waals surface area contributed by atoms with E-state index in [9.17, 15) is 4.79 Å². The van der Waals surface area contributed by atoms with E-state index < -0.39 is 0 Å². The van der Waals surface area contributed by atoms with Gasteiger partial charge in [-0.25, -0.2) is 0 Å². The van der Waals surface area contributed by atoms with Crippen molar-refractivity contribution in [1.29, 1.82) is 0 Å². The van der Waals surface area contributed by atoms with Crippen LogP contribution in [0.2, 0.25) is 5.02 Å². The molecule has 0 aliphatic carbocycles. The van der Waals surface area contributed by atoms with E-state index in [-0.39, 0.29) is 5.56 Å². The number of halogens is 1. The fourth-order valence-electron chi connectivity index (χ4n) is 1.52. The van der Waals surface area contributed by atoms with E-state index in [1.807, 2.05) is 25.1 Å². The predicted molar refractivity (Wildman–Crippen MR) is 59.0 cm³/mol. The molecule has 1 aromatic carbocycles. The highest BCUT2D eigenvalue weighted by Gasteiger charge is 2.03. The molecule has 0 saturated heterocycles. The Morgan fingerprint density at radius 2 is 2.21 bits per heavy atom. The zero-order chi connectivity index (χ0) is 10.1. The third-order valence-corrected chi connectivity index (χ3v) is 2.57. The van der Waals surface area contributed by atoms with Crippen molar-refractivity contribution in [2.45, 2.75) is 13.3 Å². The molecule has 0 radical (unpaired) electrons. The highest BCUT2D eigenvalue weighted by atomic mass is 35.5. The number of hydrogen-bond donors (Lipinski definition) is 1. The average molecular weight is 208 g/mol. The van der Waals surface area contributed by atoms with E-state index in [4.69, 9.17) is 11.6 Å². The molecule has 0 atom stereocenters. The zero-order valence-corrected chi connectivity index (χ0v) is 8.56. The van der Waals surface area contributed by atoms with Crippen LogP contribution in [0.4, 0.5) is 0 Å². The molecule has 72 valence electrons. The highest BCUT2D eigenvalue weighted by Crippen LogP contribution is 2.19. The second-order valence-corrected chi connectivity index (χ2v) is 3.59. The third-order valence-electron chi connectivity index (χ3n) is 2.26. The first kappa shape index (κ1) is 9.28. The molecule has 2 nitrogen and oxygen atoms in total. The Morgan fingerprint density at radius 1 is 1.43 bits per heavy atom. The van der Waals surface area contributed by atoms with Crippen LogP contribution in [0.3, 0.4) is 0 Å². The lowest BCUT2D eigenvalue weighted by atomic mass is 10.1. The van der Waals surface area contributed by atoms with E-state index in [0.717, 1.165) is 17.5 Å². The summed E-state index contributed by atoms with van der Waals surface area (Å²) in [6.45, 7) is 2.00. The minimum Gasteiger partial charge on any atom is -0.326 e. The fourth-order valence-corrected chi connectivity index (χ4v) is 1.79. The second-order valence-electron chi connectivity index (χ2n) is 3.18. The molecule has 1 heterocycles. The number of H-pyrrole nitrogens is 1. The van der Waals surface area contributed by atoms with Gasteiger partial charge in [-0.15, -0.1) is 0 Å². The summed E-state index contributed by atoms with van der Waals surface area (Å²) >= 11 is 5.94. The molecule has 3 heteroatoms. The molecular weight excluding hydrogens is 198 g/mol. The van der Waals surface area contributed by atoms with Gasteiger partial charge in [-0.2, -0.15) is 0 Å². The molecule has 0 aliphatic rings. The van der Waals surface area contributed by atoms with Gasteiger partial charge in [0.2, 0.25) is 0 Å². The molecule has 0 unspecified atom stereocenters.